The summed E-state index contributed by atoms with van der Waals surface area (Å²) in [6.45, 7) is 1.99. The molecule has 0 saturated carbocycles. The fraction of sp³-hybridized carbons (Fsp3) is 0.118. The second kappa shape index (κ2) is 5.26. The SMILES string of the molecule is Cc1ccccc1-c1c(CC(=O)O)oc2ccc(Cl)cc12. The summed E-state index contributed by atoms with van der Waals surface area (Å²) < 4.78 is 5.73. The van der Waals surface area contributed by atoms with Crippen LogP contribution in [-0.2, 0) is 11.2 Å². The van der Waals surface area contributed by atoms with E-state index in [-0.39, 0.29) is 6.42 Å². The zero-order valence-electron chi connectivity index (χ0n) is 11.4. The Bertz CT molecular complexity index is 833. The molecule has 0 aliphatic rings. The maximum Gasteiger partial charge on any atom is 0.311 e. The maximum absolute atomic E-state index is 11.1. The number of rotatable bonds is 3. The summed E-state index contributed by atoms with van der Waals surface area (Å²) >= 11 is 6.07. The lowest BCUT2D eigenvalue weighted by molar-refractivity contribution is -0.136. The Hall–Kier alpha value is -2.26. The van der Waals surface area contributed by atoms with Gasteiger partial charge >= 0.3 is 5.97 Å². The topological polar surface area (TPSA) is 50.4 Å². The first-order chi connectivity index (χ1) is 10.1. The normalized spacial score (nSPS) is 11.0. The van der Waals surface area contributed by atoms with Gasteiger partial charge in [0.2, 0.25) is 0 Å². The zero-order chi connectivity index (χ0) is 15.0. The third-order valence-corrected chi connectivity index (χ3v) is 3.68. The number of furan rings is 1. The van der Waals surface area contributed by atoms with Gasteiger partial charge in [-0.1, -0.05) is 35.9 Å². The van der Waals surface area contributed by atoms with Gasteiger partial charge in [0.1, 0.15) is 17.8 Å². The maximum atomic E-state index is 11.1. The number of carboxylic acids is 1. The molecule has 2 aromatic carbocycles. The lowest BCUT2D eigenvalue weighted by Crippen LogP contribution is -2.00. The Morgan fingerprint density at radius 2 is 2.00 bits per heavy atom. The van der Waals surface area contributed by atoms with E-state index in [1.165, 1.54) is 0 Å². The highest BCUT2D eigenvalue weighted by atomic mass is 35.5. The molecule has 3 rings (SSSR count). The smallest absolute Gasteiger partial charge is 0.311 e. The van der Waals surface area contributed by atoms with Crippen molar-refractivity contribution in [1.82, 2.24) is 0 Å². The molecule has 4 heteroatoms. The van der Waals surface area contributed by atoms with Crippen LogP contribution in [-0.4, -0.2) is 11.1 Å². The van der Waals surface area contributed by atoms with Crippen LogP contribution < -0.4 is 0 Å². The molecule has 21 heavy (non-hydrogen) atoms. The lowest BCUT2D eigenvalue weighted by Gasteiger charge is -2.06. The van der Waals surface area contributed by atoms with Crippen molar-refractivity contribution >= 4 is 28.5 Å². The third-order valence-electron chi connectivity index (χ3n) is 3.45. The van der Waals surface area contributed by atoms with Gasteiger partial charge in [0.05, 0.1) is 0 Å². The predicted molar refractivity (Wildman–Crippen MR) is 82.7 cm³/mol. The summed E-state index contributed by atoms with van der Waals surface area (Å²) in [4.78, 5) is 11.1. The fourth-order valence-electron chi connectivity index (χ4n) is 2.53. The van der Waals surface area contributed by atoms with Crippen LogP contribution in [0.3, 0.4) is 0 Å². The molecule has 0 atom stereocenters. The summed E-state index contributed by atoms with van der Waals surface area (Å²) in [7, 11) is 0. The molecule has 0 amide bonds. The van der Waals surface area contributed by atoms with Crippen molar-refractivity contribution in [1.29, 1.82) is 0 Å². The van der Waals surface area contributed by atoms with Gasteiger partial charge in [0.25, 0.3) is 0 Å². The Labute approximate surface area is 126 Å². The molecular weight excluding hydrogens is 288 g/mol. The largest absolute Gasteiger partial charge is 0.481 e. The van der Waals surface area contributed by atoms with Crippen molar-refractivity contribution in [2.45, 2.75) is 13.3 Å². The van der Waals surface area contributed by atoms with Crippen LogP contribution in [0.15, 0.2) is 46.9 Å². The summed E-state index contributed by atoms with van der Waals surface area (Å²) in [5.74, 6) is -0.468. The Morgan fingerprint density at radius 3 is 2.71 bits per heavy atom. The highest BCUT2D eigenvalue weighted by molar-refractivity contribution is 6.31. The standard InChI is InChI=1S/C17H13ClO3/c1-10-4-2-3-5-12(10)17-13-8-11(18)6-7-14(13)21-15(17)9-16(19)20/h2-8H,9H2,1H3,(H,19,20). The summed E-state index contributed by atoms with van der Waals surface area (Å²) in [6, 6.07) is 13.1. The van der Waals surface area contributed by atoms with Crippen LogP contribution >= 0.6 is 11.6 Å². The van der Waals surface area contributed by atoms with Crippen LogP contribution in [0.2, 0.25) is 5.02 Å². The molecule has 0 unspecified atom stereocenters. The molecule has 0 fully saturated rings. The highest BCUT2D eigenvalue weighted by Gasteiger charge is 2.19. The number of hydrogen-bond donors (Lipinski definition) is 1. The van der Waals surface area contributed by atoms with Crippen LogP contribution in [0.5, 0.6) is 0 Å². The van der Waals surface area contributed by atoms with Crippen LogP contribution in [0, 0.1) is 6.92 Å². The number of hydrogen-bond acceptors (Lipinski definition) is 2. The van der Waals surface area contributed by atoms with E-state index < -0.39 is 5.97 Å². The molecule has 3 nitrogen and oxygen atoms in total. The van der Waals surface area contributed by atoms with Crippen LogP contribution in [0.4, 0.5) is 0 Å². The number of fused-ring (bicyclic) bond motifs is 1. The molecule has 1 heterocycles. The van der Waals surface area contributed by atoms with E-state index in [0.717, 1.165) is 22.1 Å². The fourth-order valence-corrected chi connectivity index (χ4v) is 2.70. The van der Waals surface area contributed by atoms with Gasteiger partial charge < -0.3 is 9.52 Å². The van der Waals surface area contributed by atoms with E-state index in [1.807, 2.05) is 37.3 Å². The number of aliphatic carboxylic acids is 1. The van der Waals surface area contributed by atoms with E-state index in [0.29, 0.717) is 16.4 Å². The first-order valence-corrected chi connectivity index (χ1v) is 6.93. The van der Waals surface area contributed by atoms with Gasteiger partial charge in [-0.3, -0.25) is 4.79 Å². The van der Waals surface area contributed by atoms with Crippen molar-refractivity contribution in [3.05, 3.63) is 58.8 Å². The number of aryl methyl sites for hydroxylation is 1. The first-order valence-electron chi connectivity index (χ1n) is 6.55. The van der Waals surface area contributed by atoms with Gasteiger partial charge in [-0.25, -0.2) is 0 Å². The Kier molecular flexibility index (Phi) is 3.43. The minimum absolute atomic E-state index is 0.157. The molecule has 0 spiro atoms. The number of halogens is 1. The van der Waals surface area contributed by atoms with Gasteiger partial charge in [0.15, 0.2) is 0 Å². The van der Waals surface area contributed by atoms with Gasteiger partial charge in [0, 0.05) is 16.0 Å². The monoisotopic (exact) mass is 300 g/mol. The van der Waals surface area contributed by atoms with E-state index in [2.05, 4.69) is 0 Å². The molecule has 1 N–H and O–H groups in total. The van der Waals surface area contributed by atoms with Crippen LogP contribution in [0.1, 0.15) is 11.3 Å². The Morgan fingerprint density at radius 1 is 1.24 bits per heavy atom. The van der Waals surface area contributed by atoms with Crippen molar-refractivity contribution in [2.75, 3.05) is 0 Å². The Balaban J connectivity index is 2.34. The molecule has 0 aliphatic heterocycles. The quantitative estimate of drug-likeness (QED) is 0.763. The van der Waals surface area contributed by atoms with E-state index in [4.69, 9.17) is 21.1 Å². The van der Waals surface area contributed by atoms with E-state index in [1.54, 1.807) is 12.1 Å². The molecule has 0 aliphatic carbocycles. The van der Waals surface area contributed by atoms with Crippen molar-refractivity contribution in [3.63, 3.8) is 0 Å². The van der Waals surface area contributed by atoms with Gasteiger partial charge in [-0.2, -0.15) is 0 Å². The van der Waals surface area contributed by atoms with Crippen molar-refractivity contribution in [3.8, 4) is 11.1 Å². The second-order valence-corrected chi connectivity index (χ2v) is 5.36. The first kappa shape index (κ1) is 13.7. The molecule has 0 saturated heterocycles. The van der Waals surface area contributed by atoms with Crippen LogP contribution in [0.25, 0.3) is 22.1 Å². The average Bonchev–Trinajstić information content (AvgIpc) is 2.76. The minimum atomic E-state index is -0.921. The number of benzene rings is 2. The number of carboxylic acid groups (broad SMARTS) is 1. The molecule has 106 valence electrons. The molecule has 1 aromatic heterocycles. The predicted octanol–water partition coefficient (Wildman–Crippen LogP) is 4.69. The summed E-state index contributed by atoms with van der Waals surface area (Å²) in [6.07, 6.45) is -0.157. The highest BCUT2D eigenvalue weighted by Crippen LogP contribution is 2.37. The van der Waals surface area contributed by atoms with Crippen molar-refractivity contribution < 1.29 is 14.3 Å². The minimum Gasteiger partial charge on any atom is -0.481 e. The lowest BCUT2D eigenvalue weighted by atomic mass is 9.97. The van der Waals surface area contributed by atoms with E-state index in [9.17, 15) is 4.79 Å². The van der Waals surface area contributed by atoms with Gasteiger partial charge in [-0.15, -0.1) is 0 Å². The molecular formula is C17H13ClO3. The van der Waals surface area contributed by atoms with Gasteiger partial charge in [-0.05, 0) is 36.2 Å². The zero-order valence-corrected chi connectivity index (χ0v) is 12.1. The average molecular weight is 301 g/mol. The summed E-state index contributed by atoms with van der Waals surface area (Å²) in [5, 5.41) is 10.5. The third kappa shape index (κ3) is 2.52. The summed E-state index contributed by atoms with van der Waals surface area (Å²) in [5.41, 5.74) is 3.49. The number of carbonyl (C=O) groups is 1. The molecule has 0 bridgehead atoms. The molecule has 0 radical (unpaired) electrons. The second-order valence-electron chi connectivity index (χ2n) is 4.93. The van der Waals surface area contributed by atoms with E-state index >= 15 is 0 Å². The van der Waals surface area contributed by atoms with Crippen molar-refractivity contribution in [2.24, 2.45) is 0 Å². The molecule has 3 aromatic rings.